The van der Waals surface area contributed by atoms with Crippen molar-refractivity contribution in [3.05, 3.63) is 51.7 Å². The topological polar surface area (TPSA) is 70.5 Å². The number of likely N-dealkylation sites (tertiary alicyclic amines) is 1. The summed E-state index contributed by atoms with van der Waals surface area (Å²) in [5.41, 5.74) is 1.72. The Morgan fingerprint density at radius 2 is 2.04 bits per heavy atom. The molecule has 144 valence electrons. The van der Waals surface area contributed by atoms with Gasteiger partial charge in [0.2, 0.25) is 5.91 Å². The Hall–Kier alpha value is -2.28. The van der Waals surface area contributed by atoms with E-state index in [4.69, 9.17) is 5.11 Å². The van der Waals surface area contributed by atoms with Crippen molar-refractivity contribution in [3.63, 3.8) is 0 Å². The average Bonchev–Trinajstić information content (AvgIpc) is 3.09. The highest BCUT2D eigenvalue weighted by Gasteiger charge is 2.27. The minimum Gasteiger partial charge on any atom is -0.481 e. The van der Waals surface area contributed by atoms with Crippen LogP contribution in [0.5, 0.6) is 0 Å². The zero-order chi connectivity index (χ0) is 19.2. The Bertz CT molecular complexity index is 791. The Labute approximate surface area is 161 Å². The molecule has 1 aromatic heterocycles. The number of piperidine rings is 1. The van der Waals surface area contributed by atoms with Gasteiger partial charge in [-0.3, -0.25) is 9.59 Å². The summed E-state index contributed by atoms with van der Waals surface area (Å²) in [5, 5.41) is 11.7. The molecule has 1 unspecified atom stereocenters. The van der Waals surface area contributed by atoms with E-state index in [9.17, 15) is 14.0 Å². The molecule has 5 nitrogen and oxygen atoms in total. The van der Waals surface area contributed by atoms with Gasteiger partial charge in [0.1, 0.15) is 5.82 Å². The molecule has 27 heavy (non-hydrogen) atoms. The maximum absolute atomic E-state index is 13.0. The molecule has 1 aliphatic heterocycles. The molecule has 1 aliphatic rings. The van der Waals surface area contributed by atoms with Crippen molar-refractivity contribution in [3.8, 4) is 0 Å². The molecule has 2 aromatic rings. The minimum absolute atomic E-state index is 0.0136. The van der Waals surface area contributed by atoms with Crippen molar-refractivity contribution in [2.75, 3.05) is 6.54 Å². The van der Waals surface area contributed by atoms with Crippen LogP contribution in [-0.4, -0.2) is 39.5 Å². The number of thiazole rings is 1. The predicted molar refractivity (Wildman–Crippen MR) is 101 cm³/mol. The number of benzene rings is 1. The molecule has 0 aliphatic carbocycles. The summed E-state index contributed by atoms with van der Waals surface area (Å²) >= 11 is 1.50. The van der Waals surface area contributed by atoms with E-state index in [1.54, 1.807) is 12.1 Å². The number of nitrogens with zero attached hydrogens (tertiary/aromatic N) is 2. The Balaban J connectivity index is 1.59. The SMILES string of the molecule is O=C(O)CCC1CCCCN1C(=O)Cc1csc(Cc2ccc(F)cc2)n1. The number of carboxylic acids is 1. The summed E-state index contributed by atoms with van der Waals surface area (Å²) in [6, 6.07) is 6.35. The number of aliphatic carboxylic acids is 1. The third-order valence-electron chi connectivity index (χ3n) is 4.84. The molecule has 3 rings (SSSR count). The molecule has 1 amide bonds. The fraction of sp³-hybridized carbons (Fsp3) is 0.450. The summed E-state index contributed by atoms with van der Waals surface area (Å²) < 4.78 is 13.0. The zero-order valence-electron chi connectivity index (χ0n) is 15.1. The van der Waals surface area contributed by atoms with Crippen molar-refractivity contribution >= 4 is 23.2 Å². The van der Waals surface area contributed by atoms with Crippen LogP contribution in [0.15, 0.2) is 29.6 Å². The number of aromatic nitrogens is 1. The van der Waals surface area contributed by atoms with Gasteiger partial charge in [-0.15, -0.1) is 11.3 Å². The smallest absolute Gasteiger partial charge is 0.303 e. The second-order valence-corrected chi connectivity index (χ2v) is 7.82. The van der Waals surface area contributed by atoms with Crippen molar-refractivity contribution in [1.82, 2.24) is 9.88 Å². The lowest BCUT2D eigenvalue weighted by Crippen LogP contribution is -2.44. The van der Waals surface area contributed by atoms with Crippen molar-refractivity contribution in [2.45, 2.75) is 51.0 Å². The highest BCUT2D eigenvalue weighted by molar-refractivity contribution is 7.09. The van der Waals surface area contributed by atoms with Gasteiger partial charge >= 0.3 is 5.97 Å². The maximum Gasteiger partial charge on any atom is 0.303 e. The standard InChI is InChI=1S/C20H23FN2O3S/c21-15-6-4-14(5-7-15)11-18-22-16(13-27-18)12-19(24)23-10-2-1-3-17(23)8-9-20(25)26/h4-7,13,17H,1-3,8-12H2,(H,25,26). The lowest BCUT2D eigenvalue weighted by Gasteiger charge is -2.35. The monoisotopic (exact) mass is 390 g/mol. The van der Waals surface area contributed by atoms with Crippen molar-refractivity contribution < 1.29 is 19.1 Å². The van der Waals surface area contributed by atoms with Crippen molar-refractivity contribution in [1.29, 1.82) is 0 Å². The predicted octanol–water partition coefficient (Wildman–Crippen LogP) is 3.66. The summed E-state index contributed by atoms with van der Waals surface area (Å²) in [5.74, 6) is -1.07. The zero-order valence-corrected chi connectivity index (χ0v) is 15.9. The first-order valence-corrected chi connectivity index (χ1v) is 10.1. The van der Waals surface area contributed by atoms with Crippen LogP contribution >= 0.6 is 11.3 Å². The molecular weight excluding hydrogens is 367 g/mol. The number of hydrogen-bond donors (Lipinski definition) is 1. The fourth-order valence-corrected chi connectivity index (χ4v) is 4.29. The normalized spacial score (nSPS) is 17.1. The van der Waals surface area contributed by atoms with Gasteiger partial charge in [0.15, 0.2) is 0 Å². The molecule has 1 N–H and O–H groups in total. The summed E-state index contributed by atoms with van der Waals surface area (Å²) in [7, 11) is 0. The largest absolute Gasteiger partial charge is 0.481 e. The van der Waals surface area contributed by atoms with Crippen LogP contribution in [0.25, 0.3) is 0 Å². The molecule has 7 heteroatoms. The van der Waals surface area contributed by atoms with E-state index in [0.717, 1.165) is 35.5 Å². The van der Waals surface area contributed by atoms with Gasteiger partial charge in [-0.2, -0.15) is 0 Å². The van der Waals surface area contributed by atoms with Gasteiger partial charge in [0.05, 0.1) is 17.1 Å². The fourth-order valence-electron chi connectivity index (χ4n) is 3.46. The first-order chi connectivity index (χ1) is 13.0. The maximum atomic E-state index is 13.0. The van der Waals surface area contributed by atoms with Gasteiger partial charge in [0.25, 0.3) is 0 Å². The van der Waals surface area contributed by atoms with Crippen LogP contribution in [-0.2, 0) is 22.4 Å². The van der Waals surface area contributed by atoms with E-state index in [-0.39, 0.29) is 30.6 Å². The number of carboxylic acid groups (broad SMARTS) is 1. The van der Waals surface area contributed by atoms with Gasteiger partial charge in [0, 0.05) is 30.8 Å². The molecule has 0 spiro atoms. The molecular formula is C20H23FN2O3S. The highest BCUT2D eigenvalue weighted by atomic mass is 32.1. The molecule has 0 bridgehead atoms. The van der Waals surface area contributed by atoms with Gasteiger partial charge in [-0.05, 0) is 43.4 Å². The highest BCUT2D eigenvalue weighted by Crippen LogP contribution is 2.23. The summed E-state index contributed by atoms with van der Waals surface area (Å²) in [6.07, 6.45) is 4.31. The van der Waals surface area contributed by atoms with Crippen LogP contribution in [0.4, 0.5) is 4.39 Å². The molecule has 1 aromatic carbocycles. The van der Waals surface area contributed by atoms with Crippen LogP contribution < -0.4 is 0 Å². The molecule has 0 radical (unpaired) electrons. The quantitative estimate of drug-likeness (QED) is 0.783. The Morgan fingerprint density at radius 1 is 1.26 bits per heavy atom. The number of amides is 1. The lowest BCUT2D eigenvalue weighted by atomic mass is 9.97. The Kier molecular flexibility index (Phi) is 6.55. The van der Waals surface area contributed by atoms with E-state index >= 15 is 0 Å². The second-order valence-electron chi connectivity index (χ2n) is 6.88. The first-order valence-electron chi connectivity index (χ1n) is 9.20. The third-order valence-corrected chi connectivity index (χ3v) is 5.74. The van der Waals surface area contributed by atoms with E-state index in [1.165, 1.54) is 23.5 Å². The van der Waals surface area contributed by atoms with Crippen LogP contribution in [0.3, 0.4) is 0 Å². The van der Waals surface area contributed by atoms with E-state index < -0.39 is 5.97 Å². The molecule has 2 heterocycles. The number of carbonyl (C=O) groups excluding carboxylic acids is 1. The summed E-state index contributed by atoms with van der Waals surface area (Å²) in [6.45, 7) is 0.690. The van der Waals surface area contributed by atoms with Crippen LogP contribution in [0, 0.1) is 5.82 Å². The summed E-state index contributed by atoms with van der Waals surface area (Å²) in [4.78, 5) is 30.0. The minimum atomic E-state index is -0.821. The number of rotatable bonds is 7. The first kappa shape index (κ1) is 19.5. The molecule has 1 saturated heterocycles. The van der Waals surface area contributed by atoms with Crippen LogP contribution in [0.2, 0.25) is 0 Å². The Morgan fingerprint density at radius 3 is 2.78 bits per heavy atom. The lowest BCUT2D eigenvalue weighted by molar-refractivity contribution is -0.139. The van der Waals surface area contributed by atoms with E-state index in [2.05, 4.69) is 4.98 Å². The molecule has 1 atom stereocenters. The van der Waals surface area contributed by atoms with Gasteiger partial charge in [-0.1, -0.05) is 12.1 Å². The average molecular weight is 390 g/mol. The number of halogens is 1. The molecule has 1 fully saturated rings. The molecule has 0 saturated carbocycles. The van der Waals surface area contributed by atoms with Gasteiger partial charge in [-0.25, -0.2) is 9.37 Å². The van der Waals surface area contributed by atoms with E-state index in [1.807, 2.05) is 10.3 Å². The second kappa shape index (κ2) is 9.08. The number of hydrogen-bond acceptors (Lipinski definition) is 4. The van der Waals surface area contributed by atoms with Crippen molar-refractivity contribution in [2.24, 2.45) is 0 Å². The third kappa shape index (κ3) is 5.60. The number of carbonyl (C=O) groups is 2. The van der Waals surface area contributed by atoms with E-state index in [0.29, 0.717) is 19.4 Å². The van der Waals surface area contributed by atoms with Crippen LogP contribution in [0.1, 0.15) is 48.4 Å². The van der Waals surface area contributed by atoms with Gasteiger partial charge < -0.3 is 10.0 Å².